The maximum atomic E-state index is 12.0. The highest BCUT2D eigenvalue weighted by Gasteiger charge is 2.08. The fourth-order valence-corrected chi connectivity index (χ4v) is 2.36. The number of nitrogens with one attached hydrogen (secondary N) is 3. The summed E-state index contributed by atoms with van der Waals surface area (Å²) >= 11 is 0. The van der Waals surface area contributed by atoms with Gasteiger partial charge in [0.15, 0.2) is 11.7 Å². The molecule has 3 rings (SSSR count). The van der Waals surface area contributed by atoms with Crippen molar-refractivity contribution >= 4 is 41.5 Å². The van der Waals surface area contributed by atoms with E-state index in [1.54, 1.807) is 23.9 Å². The SMILES string of the molecule is CN=C(NCc1ccc(NC(=O)c2ccco2)cc1)NCc1ncnn1C.I. The number of aliphatic imine (C=N–C) groups is 1. The molecule has 0 aliphatic carbocycles. The number of hydrogen-bond acceptors (Lipinski definition) is 5. The molecule has 0 atom stereocenters. The summed E-state index contributed by atoms with van der Waals surface area (Å²) in [4.78, 5) is 20.3. The van der Waals surface area contributed by atoms with E-state index in [1.165, 1.54) is 12.6 Å². The van der Waals surface area contributed by atoms with Crippen LogP contribution in [0.15, 0.2) is 58.4 Å². The number of carbonyl (C=O) groups is 1. The van der Waals surface area contributed by atoms with Gasteiger partial charge >= 0.3 is 0 Å². The molecule has 0 radical (unpaired) electrons. The number of guanidine groups is 1. The van der Waals surface area contributed by atoms with Crippen molar-refractivity contribution in [1.82, 2.24) is 25.4 Å². The van der Waals surface area contributed by atoms with Gasteiger partial charge in [0, 0.05) is 26.3 Å². The Hall–Kier alpha value is -2.89. The number of aromatic nitrogens is 3. The van der Waals surface area contributed by atoms with E-state index >= 15 is 0 Å². The van der Waals surface area contributed by atoms with E-state index in [4.69, 9.17) is 4.42 Å². The number of furan rings is 1. The summed E-state index contributed by atoms with van der Waals surface area (Å²) < 4.78 is 6.78. The first-order valence-electron chi connectivity index (χ1n) is 8.37. The maximum Gasteiger partial charge on any atom is 0.291 e. The second-order valence-electron chi connectivity index (χ2n) is 5.71. The number of aryl methyl sites for hydroxylation is 1. The third-order valence-corrected chi connectivity index (χ3v) is 3.86. The molecule has 3 aromatic rings. The highest BCUT2D eigenvalue weighted by atomic mass is 127. The Bertz CT molecular complexity index is 904. The number of halogens is 1. The molecule has 0 unspecified atom stereocenters. The first kappa shape index (κ1) is 21.4. The number of rotatable bonds is 6. The topological polar surface area (TPSA) is 109 Å². The number of hydrogen-bond donors (Lipinski definition) is 3. The Morgan fingerprint density at radius 1 is 1.18 bits per heavy atom. The Morgan fingerprint density at radius 2 is 1.93 bits per heavy atom. The fourth-order valence-electron chi connectivity index (χ4n) is 2.36. The summed E-state index contributed by atoms with van der Waals surface area (Å²) in [6.45, 7) is 1.11. The lowest BCUT2D eigenvalue weighted by atomic mass is 10.2. The normalized spacial score (nSPS) is 10.9. The average molecular weight is 495 g/mol. The Kier molecular flexibility index (Phi) is 7.99. The van der Waals surface area contributed by atoms with Crippen LogP contribution in [-0.4, -0.2) is 33.7 Å². The van der Waals surface area contributed by atoms with E-state index in [0.717, 1.165) is 11.4 Å². The molecule has 2 heterocycles. The van der Waals surface area contributed by atoms with Crippen LogP contribution in [0.5, 0.6) is 0 Å². The van der Waals surface area contributed by atoms with Crippen molar-refractivity contribution in [3.8, 4) is 0 Å². The van der Waals surface area contributed by atoms with E-state index in [2.05, 4.69) is 31.0 Å². The minimum Gasteiger partial charge on any atom is -0.459 e. The van der Waals surface area contributed by atoms with Gasteiger partial charge in [0.25, 0.3) is 5.91 Å². The van der Waals surface area contributed by atoms with Gasteiger partial charge in [0.05, 0.1) is 12.8 Å². The van der Waals surface area contributed by atoms with Gasteiger partial charge in [0.1, 0.15) is 12.2 Å². The van der Waals surface area contributed by atoms with Crippen molar-refractivity contribution in [2.45, 2.75) is 13.1 Å². The lowest BCUT2D eigenvalue weighted by molar-refractivity contribution is 0.0996. The number of anilines is 1. The highest BCUT2D eigenvalue weighted by molar-refractivity contribution is 14.0. The van der Waals surface area contributed by atoms with Crippen LogP contribution in [0.1, 0.15) is 21.9 Å². The molecule has 148 valence electrons. The van der Waals surface area contributed by atoms with Crippen molar-refractivity contribution in [1.29, 1.82) is 0 Å². The van der Waals surface area contributed by atoms with Gasteiger partial charge in [-0.1, -0.05) is 12.1 Å². The lowest BCUT2D eigenvalue weighted by Gasteiger charge is -2.12. The van der Waals surface area contributed by atoms with Gasteiger partial charge in [-0.25, -0.2) is 4.98 Å². The molecule has 3 N–H and O–H groups in total. The van der Waals surface area contributed by atoms with Crippen LogP contribution >= 0.6 is 24.0 Å². The molecule has 9 nitrogen and oxygen atoms in total. The summed E-state index contributed by atoms with van der Waals surface area (Å²) in [6.07, 6.45) is 2.98. The van der Waals surface area contributed by atoms with E-state index in [9.17, 15) is 4.79 Å². The van der Waals surface area contributed by atoms with Crippen LogP contribution in [0, 0.1) is 0 Å². The summed E-state index contributed by atoms with van der Waals surface area (Å²) in [7, 11) is 3.55. The van der Waals surface area contributed by atoms with Crippen LogP contribution < -0.4 is 16.0 Å². The lowest BCUT2D eigenvalue weighted by Crippen LogP contribution is -2.36. The molecule has 0 saturated carbocycles. The van der Waals surface area contributed by atoms with E-state index < -0.39 is 0 Å². The molecule has 0 fully saturated rings. The smallest absolute Gasteiger partial charge is 0.291 e. The van der Waals surface area contributed by atoms with Gasteiger partial charge in [-0.05, 0) is 29.8 Å². The van der Waals surface area contributed by atoms with Crippen molar-refractivity contribution in [2.24, 2.45) is 12.0 Å². The third-order valence-electron chi connectivity index (χ3n) is 3.86. The van der Waals surface area contributed by atoms with Gasteiger partial charge in [-0.15, -0.1) is 24.0 Å². The second kappa shape index (κ2) is 10.4. The number of nitrogens with zero attached hydrogens (tertiary/aromatic N) is 4. The summed E-state index contributed by atoms with van der Waals surface area (Å²) in [5.41, 5.74) is 1.75. The monoisotopic (exact) mass is 495 g/mol. The molecule has 0 aliphatic heterocycles. The molecular formula is C18H22IN7O2. The van der Waals surface area contributed by atoms with Crippen molar-refractivity contribution in [3.63, 3.8) is 0 Å². The predicted octanol–water partition coefficient (Wildman–Crippen LogP) is 2.14. The minimum atomic E-state index is -0.278. The summed E-state index contributed by atoms with van der Waals surface area (Å²) in [5.74, 6) is 1.47. The van der Waals surface area contributed by atoms with Crippen molar-refractivity contribution in [3.05, 3.63) is 66.1 Å². The van der Waals surface area contributed by atoms with Crippen LogP contribution in [0.4, 0.5) is 5.69 Å². The predicted molar refractivity (Wildman–Crippen MR) is 117 cm³/mol. The van der Waals surface area contributed by atoms with Gasteiger partial charge in [-0.2, -0.15) is 5.10 Å². The quantitative estimate of drug-likeness (QED) is 0.275. The molecule has 0 bridgehead atoms. The molecular weight excluding hydrogens is 473 g/mol. The largest absolute Gasteiger partial charge is 0.459 e. The maximum absolute atomic E-state index is 12.0. The van der Waals surface area contributed by atoms with E-state index in [-0.39, 0.29) is 35.6 Å². The molecule has 0 aliphatic rings. The summed E-state index contributed by atoms with van der Waals surface area (Å²) in [6, 6.07) is 10.8. The Balaban J connectivity index is 0.00000280. The van der Waals surface area contributed by atoms with Gasteiger partial charge in [-0.3, -0.25) is 14.5 Å². The van der Waals surface area contributed by atoms with Crippen LogP contribution in [0.2, 0.25) is 0 Å². The first-order valence-corrected chi connectivity index (χ1v) is 8.37. The van der Waals surface area contributed by atoms with Crippen LogP contribution in [-0.2, 0) is 20.1 Å². The fraction of sp³-hybridized carbons (Fsp3) is 0.222. The molecule has 0 spiro atoms. The second-order valence-corrected chi connectivity index (χ2v) is 5.71. The standard InChI is InChI=1S/C18H21N7O2.HI/c1-19-18(21-11-16-22-12-23-25(16)2)20-10-13-5-7-14(8-6-13)24-17(26)15-4-3-9-27-15;/h3-9,12H,10-11H2,1-2H3,(H,24,26)(H2,19,20,21);1H. The van der Waals surface area contributed by atoms with E-state index in [0.29, 0.717) is 24.7 Å². The molecule has 10 heteroatoms. The molecule has 1 amide bonds. The Morgan fingerprint density at radius 3 is 2.54 bits per heavy atom. The highest BCUT2D eigenvalue weighted by Crippen LogP contribution is 2.11. The van der Waals surface area contributed by atoms with Crippen LogP contribution in [0.25, 0.3) is 0 Å². The van der Waals surface area contributed by atoms with Crippen LogP contribution in [0.3, 0.4) is 0 Å². The molecule has 2 aromatic heterocycles. The van der Waals surface area contributed by atoms with Crippen molar-refractivity contribution in [2.75, 3.05) is 12.4 Å². The third kappa shape index (κ3) is 5.81. The van der Waals surface area contributed by atoms with E-state index in [1.807, 2.05) is 31.3 Å². The Labute approximate surface area is 179 Å². The molecule has 0 saturated heterocycles. The first-order chi connectivity index (χ1) is 13.2. The zero-order chi connectivity index (χ0) is 19.1. The van der Waals surface area contributed by atoms with Gasteiger partial charge < -0.3 is 20.4 Å². The van der Waals surface area contributed by atoms with Crippen molar-refractivity contribution < 1.29 is 9.21 Å². The number of carbonyl (C=O) groups excluding carboxylic acids is 1. The molecule has 28 heavy (non-hydrogen) atoms. The summed E-state index contributed by atoms with van der Waals surface area (Å²) in [5, 5.41) is 13.2. The zero-order valence-electron chi connectivity index (χ0n) is 15.5. The number of benzene rings is 1. The van der Waals surface area contributed by atoms with Gasteiger partial charge in [0.2, 0.25) is 0 Å². The number of amides is 1. The zero-order valence-corrected chi connectivity index (χ0v) is 17.9. The minimum absolute atomic E-state index is 0. The molecule has 1 aromatic carbocycles. The average Bonchev–Trinajstić information content (AvgIpc) is 3.35.